The summed E-state index contributed by atoms with van der Waals surface area (Å²) < 4.78 is 0. The van der Waals surface area contributed by atoms with Crippen LogP contribution in [0.2, 0.25) is 0 Å². The van der Waals surface area contributed by atoms with E-state index in [0.29, 0.717) is 12.8 Å². The zero-order valence-electron chi connectivity index (χ0n) is 37.6. The standard InChI is InChI=1S/C50H101NO4/c1-3-5-7-9-11-13-15-17-19-21-23-24-25-27-29-31-33-35-37-39-41-43-45-49(54)50(55)51-47(46-52)48(53)44-42-40-38-36-34-32-30-28-26-22-20-18-16-14-12-10-8-6-4-2/h47-49,52-54H,3-46H2,1-2H3,(H,51,55). The molecule has 0 saturated carbocycles. The topological polar surface area (TPSA) is 89.8 Å². The van der Waals surface area contributed by atoms with Crippen LogP contribution in [-0.2, 0) is 4.79 Å². The molecule has 0 radical (unpaired) electrons. The van der Waals surface area contributed by atoms with Crippen molar-refractivity contribution in [3.63, 3.8) is 0 Å². The Balaban J connectivity index is 3.53. The number of carbonyl (C=O) groups is 1. The maximum atomic E-state index is 12.5. The Morgan fingerprint density at radius 2 is 0.582 bits per heavy atom. The molecule has 0 spiro atoms. The molecule has 0 bridgehead atoms. The molecule has 5 heteroatoms. The van der Waals surface area contributed by atoms with Crippen molar-refractivity contribution in [2.75, 3.05) is 6.61 Å². The number of rotatable bonds is 47. The van der Waals surface area contributed by atoms with Gasteiger partial charge in [-0.05, 0) is 12.8 Å². The minimum atomic E-state index is -1.07. The second-order valence-electron chi connectivity index (χ2n) is 17.7. The van der Waals surface area contributed by atoms with Gasteiger partial charge in [-0.2, -0.15) is 0 Å². The molecule has 330 valence electrons. The van der Waals surface area contributed by atoms with Crippen LogP contribution < -0.4 is 5.32 Å². The maximum absolute atomic E-state index is 12.5. The lowest BCUT2D eigenvalue weighted by Crippen LogP contribution is -2.49. The van der Waals surface area contributed by atoms with E-state index in [1.807, 2.05) is 0 Å². The molecular formula is C50H101NO4. The smallest absolute Gasteiger partial charge is 0.249 e. The third-order valence-electron chi connectivity index (χ3n) is 12.2. The van der Waals surface area contributed by atoms with Crippen molar-refractivity contribution in [2.45, 2.75) is 308 Å². The summed E-state index contributed by atoms with van der Waals surface area (Å²) in [5.41, 5.74) is 0. The Morgan fingerprint density at radius 1 is 0.364 bits per heavy atom. The molecule has 0 aromatic heterocycles. The van der Waals surface area contributed by atoms with E-state index in [2.05, 4.69) is 19.2 Å². The van der Waals surface area contributed by atoms with E-state index in [1.54, 1.807) is 0 Å². The molecule has 0 aromatic rings. The molecular weight excluding hydrogens is 679 g/mol. The van der Waals surface area contributed by atoms with E-state index < -0.39 is 24.2 Å². The molecule has 3 atom stereocenters. The molecule has 5 nitrogen and oxygen atoms in total. The zero-order valence-corrected chi connectivity index (χ0v) is 37.6. The van der Waals surface area contributed by atoms with Crippen molar-refractivity contribution in [3.05, 3.63) is 0 Å². The van der Waals surface area contributed by atoms with E-state index in [4.69, 9.17) is 0 Å². The van der Waals surface area contributed by atoms with Gasteiger partial charge in [0.15, 0.2) is 0 Å². The van der Waals surface area contributed by atoms with Crippen LogP contribution in [0.4, 0.5) is 0 Å². The Morgan fingerprint density at radius 3 is 0.818 bits per heavy atom. The number of hydrogen-bond donors (Lipinski definition) is 4. The monoisotopic (exact) mass is 780 g/mol. The second-order valence-corrected chi connectivity index (χ2v) is 17.7. The Labute approximate surface area is 345 Å². The summed E-state index contributed by atoms with van der Waals surface area (Å²) in [6.07, 6.45) is 54.1. The lowest BCUT2D eigenvalue weighted by atomic mass is 10.0. The summed E-state index contributed by atoms with van der Waals surface area (Å²) in [7, 11) is 0. The number of amides is 1. The largest absolute Gasteiger partial charge is 0.394 e. The average Bonchev–Trinajstić information content (AvgIpc) is 3.19. The van der Waals surface area contributed by atoms with Crippen LogP contribution in [0.25, 0.3) is 0 Å². The number of unbranched alkanes of at least 4 members (excludes halogenated alkanes) is 39. The Bertz CT molecular complexity index is 733. The predicted molar refractivity (Wildman–Crippen MR) is 241 cm³/mol. The van der Waals surface area contributed by atoms with Gasteiger partial charge in [0.1, 0.15) is 6.10 Å². The van der Waals surface area contributed by atoms with E-state index in [1.165, 1.54) is 231 Å². The molecule has 0 aromatic carbocycles. The number of aliphatic hydroxyl groups excluding tert-OH is 3. The number of hydrogen-bond acceptors (Lipinski definition) is 4. The van der Waals surface area contributed by atoms with Gasteiger partial charge in [0, 0.05) is 0 Å². The van der Waals surface area contributed by atoms with Gasteiger partial charge in [0.05, 0.1) is 18.8 Å². The SMILES string of the molecule is CCCCCCCCCCCCCCCCCCCCCCCCC(O)C(=O)NC(CO)C(O)CCCCCCCCCCCCCCCCCCCCC. The van der Waals surface area contributed by atoms with E-state index in [-0.39, 0.29) is 6.61 Å². The first-order valence-corrected chi connectivity index (χ1v) is 25.3. The van der Waals surface area contributed by atoms with Crippen LogP contribution in [-0.4, -0.2) is 46.1 Å². The van der Waals surface area contributed by atoms with Gasteiger partial charge in [0.25, 0.3) is 0 Å². The average molecular weight is 780 g/mol. The van der Waals surface area contributed by atoms with Gasteiger partial charge in [0.2, 0.25) is 5.91 Å². The van der Waals surface area contributed by atoms with Crippen LogP contribution in [0.15, 0.2) is 0 Å². The van der Waals surface area contributed by atoms with Crippen LogP contribution in [0.1, 0.15) is 290 Å². The Hall–Kier alpha value is -0.650. The molecule has 0 rings (SSSR count). The fraction of sp³-hybridized carbons (Fsp3) is 0.980. The van der Waals surface area contributed by atoms with Crippen molar-refractivity contribution in [1.82, 2.24) is 5.32 Å². The van der Waals surface area contributed by atoms with Gasteiger partial charge < -0.3 is 20.6 Å². The highest BCUT2D eigenvalue weighted by molar-refractivity contribution is 5.80. The predicted octanol–water partition coefficient (Wildman–Crippen LogP) is 15.0. The van der Waals surface area contributed by atoms with E-state index in [0.717, 1.165) is 32.1 Å². The summed E-state index contributed by atoms with van der Waals surface area (Å²) in [5.74, 6) is -0.463. The quantitative estimate of drug-likeness (QED) is 0.0463. The van der Waals surface area contributed by atoms with Gasteiger partial charge >= 0.3 is 0 Å². The maximum Gasteiger partial charge on any atom is 0.249 e. The number of carbonyl (C=O) groups excluding carboxylic acids is 1. The van der Waals surface area contributed by atoms with Crippen molar-refractivity contribution in [1.29, 1.82) is 0 Å². The molecule has 0 fully saturated rings. The summed E-state index contributed by atoms with van der Waals surface area (Å²) in [5, 5.41) is 33.5. The van der Waals surface area contributed by atoms with Gasteiger partial charge in [-0.15, -0.1) is 0 Å². The molecule has 0 heterocycles. The molecule has 0 saturated heterocycles. The fourth-order valence-corrected chi connectivity index (χ4v) is 8.25. The first-order chi connectivity index (χ1) is 27.1. The first-order valence-electron chi connectivity index (χ1n) is 25.3. The Kier molecular flexibility index (Phi) is 45.5. The molecule has 4 N–H and O–H groups in total. The van der Waals surface area contributed by atoms with Crippen molar-refractivity contribution < 1.29 is 20.1 Å². The molecule has 3 unspecified atom stereocenters. The molecule has 0 aliphatic rings. The van der Waals surface area contributed by atoms with Gasteiger partial charge in [-0.25, -0.2) is 0 Å². The zero-order chi connectivity index (χ0) is 40.1. The van der Waals surface area contributed by atoms with Crippen LogP contribution in [0.3, 0.4) is 0 Å². The fourth-order valence-electron chi connectivity index (χ4n) is 8.25. The highest BCUT2D eigenvalue weighted by atomic mass is 16.3. The lowest BCUT2D eigenvalue weighted by molar-refractivity contribution is -0.131. The summed E-state index contributed by atoms with van der Waals surface area (Å²) in [4.78, 5) is 12.5. The van der Waals surface area contributed by atoms with Gasteiger partial charge in [-0.3, -0.25) is 4.79 Å². The third kappa shape index (κ3) is 41.3. The molecule has 1 amide bonds. The first kappa shape index (κ1) is 54.3. The van der Waals surface area contributed by atoms with Gasteiger partial charge in [-0.1, -0.05) is 277 Å². The molecule has 0 aliphatic carbocycles. The van der Waals surface area contributed by atoms with Crippen LogP contribution in [0.5, 0.6) is 0 Å². The van der Waals surface area contributed by atoms with Crippen molar-refractivity contribution in [2.24, 2.45) is 0 Å². The molecule has 55 heavy (non-hydrogen) atoms. The summed E-state index contributed by atoms with van der Waals surface area (Å²) in [6, 6.07) is -0.706. The van der Waals surface area contributed by atoms with E-state index >= 15 is 0 Å². The number of nitrogens with one attached hydrogen (secondary N) is 1. The summed E-state index contributed by atoms with van der Waals surface area (Å²) in [6.45, 7) is 4.27. The van der Waals surface area contributed by atoms with Crippen LogP contribution in [0, 0.1) is 0 Å². The lowest BCUT2D eigenvalue weighted by Gasteiger charge is -2.23. The van der Waals surface area contributed by atoms with Crippen LogP contribution >= 0.6 is 0 Å². The normalized spacial score (nSPS) is 13.3. The van der Waals surface area contributed by atoms with Crippen molar-refractivity contribution in [3.8, 4) is 0 Å². The minimum absolute atomic E-state index is 0.307. The highest BCUT2D eigenvalue weighted by Gasteiger charge is 2.23. The minimum Gasteiger partial charge on any atom is -0.394 e. The third-order valence-corrected chi connectivity index (χ3v) is 12.2. The van der Waals surface area contributed by atoms with E-state index in [9.17, 15) is 20.1 Å². The summed E-state index contributed by atoms with van der Waals surface area (Å²) >= 11 is 0. The highest BCUT2D eigenvalue weighted by Crippen LogP contribution is 2.18. The molecule has 0 aliphatic heterocycles. The number of aliphatic hydroxyl groups is 3. The van der Waals surface area contributed by atoms with Crippen molar-refractivity contribution >= 4 is 5.91 Å². The second kappa shape index (κ2) is 46.0.